The molecular formula is C20H26N4O3. The molecule has 3 N–H and O–H groups in total. The van der Waals surface area contributed by atoms with Crippen molar-refractivity contribution < 1.29 is 14.6 Å². The van der Waals surface area contributed by atoms with Gasteiger partial charge in [-0.25, -0.2) is 9.97 Å². The number of ether oxygens (including phenoxy) is 1. The second-order valence-corrected chi connectivity index (χ2v) is 7.26. The van der Waals surface area contributed by atoms with Crippen molar-refractivity contribution in [3.05, 3.63) is 41.6 Å². The van der Waals surface area contributed by atoms with Crippen molar-refractivity contribution in [2.75, 3.05) is 39.1 Å². The molecule has 27 heavy (non-hydrogen) atoms. The molecule has 1 aromatic heterocycles. The summed E-state index contributed by atoms with van der Waals surface area (Å²) < 4.78 is 5.39. The molecule has 1 aliphatic rings. The van der Waals surface area contributed by atoms with E-state index >= 15 is 0 Å². The molecule has 0 spiro atoms. The number of rotatable bonds is 5. The number of carbonyl (C=O) groups excluding carboxylic acids is 1. The molecule has 1 fully saturated rings. The fourth-order valence-corrected chi connectivity index (χ4v) is 3.49. The largest absolute Gasteiger partial charge is 0.396 e. The minimum absolute atomic E-state index is 0.0569. The van der Waals surface area contributed by atoms with Crippen LogP contribution in [0.5, 0.6) is 0 Å². The van der Waals surface area contributed by atoms with E-state index in [1.807, 2.05) is 25.1 Å². The highest BCUT2D eigenvalue weighted by Gasteiger charge is 2.34. The van der Waals surface area contributed by atoms with Gasteiger partial charge in [0, 0.05) is 49.0 Å². The van der Waals surface area contributed by atoms with Gasteiger partial charge in [0.1, 0.15) is 0 Å². The molecule has 0 aliphatic carbocycles. The smallest absolute Gasteiger partial charge is 0.253 e. The van der Waals surface area contributed by atoms with Gasteiger partial charge in [-0.2, -0.15) is 0 Å². The number of nitrogens with two attached hydrogens (primary N) is 1. The Morgan fingerprint density at radius 1 is 1.26 bits per heavy atom. The fourth-order valence-electron chi connectivity index (χ4n) is 3.49. The van der Waals surface area contributed by atoms with E-state index in [0.29, 0.717) is 25.3 Å². The van der Waals surface area contributed by atoms with Gasteiger partial charge in [0.05, 0.1) is 12.3 Å². The average molecular weight is 370 g/mol. The summed E-state index contributed by atoms with van der Waals surface area (Å²) in [6.45, 7) is 3.68. The number of aryl methyl sites for hydroxylation is 1. The maximum absolute atomic E-state index is 12.8. The zero-order valence-corrected chi connectivity index (χ0v) is 15.8. The van der Waals surface area contributed by atoms with Crippen LogP contribution in [0.15, 0.2) is 30.3 Å². The third kappa shape index (κ3) is 4.43. The molecule has 0 atom stereocenters. The molecule has 7 heteroatoms. The van der Waals surface area contributed by atoms with Crippen molar-refractivity contribution in [2.45, 2.75) is 19.8 Å². The number of amides is 1. The summed E-state index contributed by atoms with van der Waals surface area (Å²) in [6, 6.07) is 9.15. The average Bonchev–Trinajstić information content (AvgIpc) is 2.67. The zero-order chi connectivity index (χ0) is 19.4. The van der Waals surface area contributed by atoms with Crippen molar-refractivity contribution in [3.8, 4) is 11.3 Å². The predicted octanol–water partition coefficient (Wildman–Crippen LogP) is 1.90. The van der Waals surface area contributed by atoms with Crippen LogP contribution in [0.1, 0.15) is 28.9 Å². The second-order valence-electron chi connectivity index (χ2n) is 7.26. The molecule has 0 saturated carbocycles. The molecule has 1 aliphatic heterocycles. The van der Waals surface area contributed by atoms with Crippen LogP contribution in [0.25, 0.3) is 11.3 Å². The molecular weight excluding hydrogens is 344 g/mol. The van der Waals surface area contributed by atoms with Crippen molar-refractivity contribution in [1.82, 2.24) is 14.9 Å². The standard InChI is InChI=1S/C20H26N4O3/c1-14-11-17(23-19(21)22-14)15-3-5-16(6-4-15)18(26)24(2)12-20(13-25)7-9-27-10-8-20/h3-6,11,25H,7-10,12-13H2,1-2H3,(H2,21,22,23). The lowest BCUT2D eigenvalue weighted by atomic mass is 9.80. The van der Waals surface area contributed by atoms with E-state index in [9.17, 15) is 9.90 Å². The van der Waals surface area contributed by atoms with Crippen molar-refractivity contribution in [1.29, 1.82) is 0 Å². The van der Waals surface area contributed by atoms with Crippen LogP contribution < -0.4 is 5.73 Å². The second kappa shape index (κ2) is 8.02. The number of anilines is 1. The Balaban J connectivity index is 1.73. The topological polar surface area (TPSA) is 102 Å². The van der Waals surface area contributed by atoms with E-state index < -0.39 is 0 Å². The van der Waals surface area contributed by atoms with Gasteiger partial charge >= 0.3 is 0 Å². The Bertz CT molecular complexity index is 781. The van der Waals surface area contributed by atoms with Gasteiger partial charge in [0.25, 0.3) is 5.91 Å². The lowest BCUT2D eigenvalue weighted by Crippen LogP contribution is -2.44. The molecule has 0 bridgehead atoms. The SMILES string of the molecule is Cc1cc(-c2ccc(C(=O)N(C)CC3(CO)CCOCC3)cc2)nc(N)n1. The zero-order valence-electron chi connectivity index (χ0n) is 15.8. The van der Waals surface area contributed by atoms with Crippen LogP contribution >= 0.6 is 0 Å². The Morgan fingerprint density at radius 3 is 2.52 bits per heavy atom. The normalized spacial score (nSPS) is 16.1. The predicted molar refractivity (Wildman–Crippen MR) is 103 cm³/mol. The molecule has 144 valence electrons. The van der Waals surface area contributed by atoms with E-state index in [1.54, 1.807) is 24.1 Å². The molecule has 7 nitrogen and oxygen atoms in total. The van der Waals surface area contributed by atoms with Gasteiger partial charge in [-0.1, -0.05) is 12.1 Å². The summed E-state index contributed by atoms with van der Waals surface area (Å²) >= 11 is 0. The van der Waals surface area contributed by atoms with Crippen LogP contribution in [0.3, 0.4) is 0 Å². The summed E-state index contributed by atoms with van der Waals surface area (Å²) in [5.74, 6) is 0.162. The van der Waals surface area contributed by atoms with E-state index in [-0.39, 0.29) is 23.9 Å². The number of aliphatic hydroxyl groups is 1. The van der Waals surface area contributed by atoms with Gasteiger partial charge in [0.15, 0.2) is 0 Å². The minimum Gasteiger partial charge on any atom is -0.396 e. The van der Waals surface area contributed by atoms with E-state index in [1.165, 1.54) is 0 Å². The maximum Gasteiger partial charge on any atom is 0.253 e. The summed E-state index contributed by atoms with van der Waals surface area (Å²) in [7, 11) is 1.78. The number of hydrogen-bond acceptors (Lipinski definition) is 6. The molecule has 0 radical (unpaired) electrons. The van der Waals surface area contributed by atoms with Gasteiger partial charge in [-0.3, -0.25) is 4.79 Å². The Kier molecular flexibility index (Phi) is 5.72. The molecule has 2 aromatic rings. The lowest BCUT2D eigenvalue weighted by Gasteiger charge is -2.38. The molecule has 3 rings (SSSR count). The number of aliphatic hydroxyl groups excluding tert-OH is 1. The number of carbonyl (C=O) groups is 1. The third-order valence-corrected chi connectivity index (χ3v) is 5.11. The fraction of sp³-hybridized carbons (Fsp3) is 0.450. The summed E-state index contributed by atoms with van der Waals surface area (Å²) in [5.41, 5.74) is 8.44. The molecule has 1 amide bonds. The third-order valence-electron chi connectivity index (χ3n) is 5.11. The monoisotopic (exact) mass is 370 g/mol. The van der Waals surface area contributed by atoms with Crippen LogP contribution in [-0.2, 0) is 4.74 Å². The van der Waals surface area contributed by atoms with Crippen LogP contribution in [0.2, 0.25) is 0 Å². The quantitative estimate of drug-likeness (QED) is 0.833. The first-order valence-electron chi connectivity index (χ1n) is 9.08. The van der Waals surface area contributed by atoms with E-state index in [4.69, 9.17) is 10.5 Å². The first-order valence-corrected chi connectivity index (χ1v) is 9.08. The lowest BCUT2D eigenvalue weighted by molar-refractivity contribution is -0.0282. The van der Waals surface area contributed by atoms with E-state index in [0.717, 1.165) is 29.8 Å². The Hall–Kier alpha value is -2.51. The number of benzene rings is 1. The number of hydrogen-bond donors (Lipinski definition) is 2. The first kappa shape index (κ1) is 19.3. The molecule has 1 aromatic carbocycles. The highest BCUT2D eigenvalue weighted by Crippen LogP contribution is 2.31. The van der Waals surface area contributed by atoms with Gasteiger partial charge < -0.3 is 20.5 Å². The van der Waals surface area contributed by atoms with Crippen LogP contribution in [0.4, 0.5) is 5.95 Å². The van der Waals surface area contributed by atoms with Crippen molar-refractivity contribution in [2.24, 2.45) is 5.41 Å². The van der Waals surface area contributed by atoms with Crippen molar-refractivity contribution in [3.63, 3.8) is 0 Å². The Morgan fingerprint density at radius 2 is 1.93 bits per heavy atom. The minimum atomic E-state index is -0.279. The first-order chi connectivity index (χ1) is 12.9. The Labute approximate surface area is 159 Å². The maximum atomic E-state index is 12.8. The van der Waals surface area contributed by atoms with E-state index in [2.05, 4.69) is 9.97 Å². The highest BCUT2D eigenvalue weighted by molar-refractivity contribution is 5.94. The number of nitrogen functional groups attached to an aromatic ring is 1. The summed E-state index contributed by atoms with van der Waals surface area (Å²) in [6.07, 6.45) is 1.52. The van der Waals surface area contributed by atoms with Gasteiger partial charge in [-0.15, -0.1) is 0 Å². The van der Waals surface area contributed by atoms with Crippen LogP contribution in [0, 0.1) is 12.3 Å². The highest BCUT2D eigenvalue weighted by atomic mass is 16.5. The van der Waals surface area contributed by atoms with Crippen LogP contribution in [-0.4, -0.2) is 59.3 Å². The van der Waals surface area contributed by atoms with Gasteiger partial charge in [0.2, 0.25) is 5.95 Å². The molecule has 1 saturated heterocycles. The molecule has 0 unspecified atom stereocenters. The van der Waals surface area contributed by atoms with Gasteiger partial charge in [-0.05, 0) is 38.0 Å². The summed E-state index contributed by atoms with van der Waals surface area (Å²) in [5, 5.41) is 9.83. The van der Waals surface area contributed by atoms with Crippen molar-refractivity contribution >= 4 is 11.9 Å². The summed E-state index contributed by atoms with van der Waals surface area (Å²) in [4.78, 5) is 22.8. The number of nitrogens with zero attached hydrogens (tertiary/aromatic N) is 3. The molecule has 2 heterocycles. The number of aromatic nitrogens is 2.